The fraction of sp³-hybridized carbons (Fsp3) is 0.300. The van der Waals surface area contributed by atoms with Gasteiger partial charge >= 0.3 is 5.97 Å². The summed E-state index contributed by atoms with van der Waals surface area (Å²) >= 11 is 0. The standard InChI is InChI=1S/C20H23N3O6/c1-14(19(24)22(2)15-7-5-4-6-8-15)29-20(25)17-13-16(23(26)27)9-10-18(17)21-11-12-28-3/h4-10,13-14,21H,11-12H2,1-3H3/t14-/m1/s1. The molecule has 0 aliphatic heterocycles. The Hall–Kier alpha value is -3.46. The van der Waals surface area contributed by atoms with E-state index in [0.29, 0.717) is 24.5 Å². The number of nitrogens with zero attached hydrogens (tertiary/aromatic N) is 2. The van der Waals surface area contributed by atoms with E-state index < -0.39 is 22.9 Å². The van der Waals surface area contributed by atoms with Crippen molar-refractivity contribution in [3.8, 4) is 0 Å². The highest BCUT2D eigenvalue weighted by Gasteiger charge is 2.25. The Bertz CT molecular complexity index is 872. The summed E-state index contributed by atoms with van der Waals surface area (Å²) in [5, 5.41) is 14.0. The highest BCUT2D eigenvalue weighted by Crippen LogP contribution is 2.24. The number of hydrogen-bond donors (Lipinski definition) is 1. The Morgan fingerprint density at radius 1 is 1.21 bits per heavy atom. The van der Waals surface area contributed by atoms with E-state index in [9.17, 15) is 19.7 Å². The molecule has 2 aromatic carbocycles. The van der Waals surface area contributed by atoms with Gasteiger partial charge in [-0.15, -0.1) is 0 Å². The van der Waals surface area contributed by atoms with Gasteiger partial charge in [0.25, 0.3) is 11.6 Å². The number of carbonyl (C=O) groups is 2. The molecule has 1 amide bonds. The quantitative estimate of drug-likeness (QED) is 0.298. The lowest BCUT2D eigenvalue weighted by atomic mass is 10.1. The zero-order valence-electron chi connectivity index (χ0n) is 16.5. The molecule has 2 aromatic rings. The molecule has 9 nitrogen and oxygen atoms in total. The highest BCUT2D eigenvalue weighted by molar-refractivity contribution is 6.00. The van der Waals surface area contributed by atoms with Crippen molar-refractivity contribution in [3.63, 3.8) is 0 Å². The summed E-state index contributed by atoms with van der Waals surface area (Å²) in [6, 6.07) is 12.7. The van der Waals surface area contributed by atoms with Gasteiger partial charge in [-0.25, -0.2) is 4.79 Å². The second-order valence-electron chi connectivity index (χ2n) is 6.19. The molecule has 29 heavy (non-hydrogen) atoms. The van der Waals surface area contributed by atoms with Crippen LogP contribution in [0.2, 0.25) is 0 Å². The number of nitro benzene ring substituents is 1. The fourth-order valence-electron chi connectivity index (χ4n) is 2.58. The molecule has 0 bridgehead atoms. The average Bonchev–Trinajstić information content (AvgIpc) is 2.73. The van der Waals surface area contributed by atoms with Crippen LogP contribution in [0.5, 0.6) is 0 Å². The number of para-hydroxylation sites is 1. The number of methoxy groups -OCH3 is 1. The zero-order chi connectivity index (χ0) is 21.4. The molecule has 0 saturated heterocycles. The SMILES string of the molecule is COCCNc1ccc([N+](=O)[O-])cc1C(=O)O[C@H](C)C(=O)N(C)c1ccccc1. The minimum atomic E-state index is -1.08. The third-order valence-corrected chi connectivity index (χ3v) is 4.16. The van der Waals surface area contributed by atoms with Crippen molar-refractivity contribution >= 4 is 28.9 Å². The molecule has 2 rings (SSSR count). The summed E-state index contributed by atoms with van der Waals surface area (Å²) in [6.07, 6.45) is -1.08. The summed E-state index contributed by atoms with van der Waals surface area (Å²) in [4.78, 5) is 37.1. The maximum Gasteiger partial charge on any atom is 0.341 e. The van der Waals surface area contributed by atoms with Crippen LogP contribution in [0.25, 0.3) is 0 Å². The van der Waals surface area contributed by atoms with E-state index in [2.05, 4.69) is 5.32 Å². The second kappa shape index (κ2) is 10.2. The van der Waals surface area contributed by atoms with Crippen molar-refractivity contribution in [2.75, 3.05) is 37.5 Å². The van der Waals surface area contributed by atoms with Gasteiger partial charge in [0, 0.05) is 44.2 Å². The van der Waals surface area contributed by atoms with Crippen molar-refractivity contribution in [1.29, 1.82) is 0 Å². The van der Waals surface area contributed by atoms with Gasteiger partial charge in [-0.3, -0.25) is 14.9 Å². The number of nitrogens with one attached hydrogen (secondary N) is 1. The molecule has 0 fully saturated rings. The molecule has 0 spiro atoms. The predicted molar refractivity (Wildman–Crippen MR) is 108 cm³/mol. The first-order valence-electron chi connectivity index (χ1n) is 8.90. The minimum absolute atomic E-state index is 0.0303. The van der Waals surface area contributed by atoms with Crippen LogP contribution in [-0.2, 0) is 14.3 Å². The lowest BCUT2D eigenvalue weighted by molar-refractivity contribution is -0.384. The van der Waals surface area contributed by atoms with Gasteiger partial charge in [-0.1, -0.05) is 18.2 Å². The van der Waals surface area contributed by atoms with E-state index in [-0.39, 0.29) is 11.3 Å². The van der Waals surface area contributed by atoms with Crippen LogP contribution in [0.15, 0.2) is 48.5 Å². The van der Waals surface area contributed by atoms with Crippen molar-refractivity contribution < 1.29 is 24.0 Å². The Labute approximate surface area is 168 Å². The van der Waals surface area contributed by atoms with Crippen LogP contribution < -0.4 is 10.2 Å². The van der Waals surface area contributed by atoms with Crippen LogP contribution >= 0.6 is 0 Å². The second-order valence-corrected chi connectivity index (χ2v) is 6.19. The summed E-state index contributed by atoms with van der Waals surface area (Å²) in [5.41, 5.74) is 0.721. The van der Waals surface area contributed by atoms with Crippen molar-refractivity contribution in [2.24, 2.45) is 0 Å². The number of hydrogen-bond acceptors (Lipinski definition) is 7. The molecule has 0 aliphatic carbocycles. The van der Waals surface area contributed by atoms with Crippen molar-refractivity contribution in [2.45, 2.75) is 13.0 Å². The first kappa shape index (κ1) is 21.8. The molecule has 0 aromatic heterocycles. The maximum atomic E-state index is 12.7. The molecule has 1 atom stereocenters. The summed E-state index contributed by atoms with van der Waals surface area (Å²) in [6.45, 7) is 2.22. The smallest absolute Gasteiger partial charge is 0.341 e. The van der Waals surface area contributed by atoms with Gasteiger partial charge in [0.05, 0.1) is 17.1 Å². The maximum absolute atomic E-state index is 12.7. The highest BCUT2D eigenvalue weighted by atomic mass is 16.6. The number of rotatable bonds is 9. The minimum Gasteiger partial charge on any atom is -0.449 e. The van der Waals surface area contributed by atoms with Crippen LogP contribution in [0.3, 0.4) is 0 Å². The van der Waals surface area contributed by atoms with E-state index in [1.165, 1.54) is 31.1 Å². The zero-order valence-corrected chi connectivity index (χ0v) is 16.5. The molecule has 0 saturated carbocycles. The lowest BCUT2D eigenvalue weighted by Crippen LogP contribution is -2.37. The summed E-state index contributed by atoms with van der Waals surface area (Å²) in [5.74, 6) is -1.26. The topological polar surface area (TPSA) is 111 Å². The van der Waals surface area contributed by atoms with Gasteiger partial charge < -0.3 is 19.7 Å². The van der Waals surface area contributed by atoms with Gasteiger partial charge in [0.15, 0.2) is 6.10 Å². The van der Waals surface area contributed by atoms with Gasteiger partial charge in [-0.05, 0) is 25.1 Å². The van der Waals surface area contributed by atoms with E-state index in [0.717, 1.165) is 6.07 Å². The number of carbonyl (C=O) groups excluding carboxylic acids is 2. The van der Waals surface area contributed by atoms with E-state index in [4.69, 9.17) is 9.47 Å². The Morgan fingerprint density at radius 2 is 1.90 bits per heavy atom. The molecule has 154 valence electrons. The molecule has 0 radical (unpaired) electrons. The van der Waals surface area contributed by atoms with Crippen molar-refractivity contribution in [3.05, 3.63) is 64.2 Å². The van der Waals surface area contributed by atoms with Gasteiger partial charge in [0.1, 0.15) is 0 Å². The van der Waals surface area contributed by atoms with Gasteiger partial charge in [-0.2, -0.15) is 0 Å². The third kappa shape index (κ3) is 5.76. The van der Waals surface area contributed by atoms with Crippen LogP contribution in [-0.4, -0.2) is 50.2 Å². The summed E-state index contributed by atoms with van der Waals surface area (Å²) < 4.78 is 10.3. The Kier molecular flexibility index (Phi) is 7.67. The van der Waals surface area contributed by atoms with Crippen LogP contribution in [0.4, 0.5) is 17.1 Å². The molecule has 1 N–H and O–H groups in total. The normalized spacial score (nSPS) is 11.4. The van der Waals surface area contributed by atoms with Gasteiger partial charge in [0.2, 0.25) is 0 Å². The molecule has 9 heteroatoms. The third-order valence-electron chi connectivity index (χ3n) is 4.16. The Morgan fingerprint density at radius 3 is 2.52 bits per heavy atom. The molecule has 0 heterocycles. The first-order valence-corrected chi connectivity index (χ1v) is 8.90. The monoisotopic (exact) mass is 401 g/mol. The fourth-order valence-corrected chi connectivity index (χ4v) is 2.58. The average molecular weight is 401 g/mol. The number of anilines is 2. The number of nitro groups is 1. The first-order chi connectivity index (χ1) is 13.8. The number of benzene rings is 2. The molecular weight excluding hydrogens is 378 g/mol. The van der Waals surface area contributed by atoms with Crippen LogP contribution in [0, 0.1) is 10.1 Å². The van der Waals surface area contributed by atoms with E-state index in [1.54, 1.807) is 31.3 Å². The summed E-state index contributed by atoms with van der Waals surface area (Å²) in [7, 11) is 3.11. The van der Waals surface area contributed by atoms with E-state index >= 15 is 0 Å². The molecular formula is C20H23N3O6. The number of non-ortho nitro benzene ring substituents is 1. The largest absolute Gasteiger partial charge is 0.449 e. The lowest BCUT2D eigenvalue weighted by Gasteiger charge is -2.22. The number of ether oxygens (including phenoxy) is 2. The predicted octanol–water partition coefficient (Wildman–Crippen LogP) is 2.86. The van der Waals surface area contributed by atoms with E-state index in [1.807, 2.05) is 6.07 Å². The number of likely N-dealkylation sites (N-methyl/N-ethyl adjacent to an activating group) is 1. The van der Waals surface area contributed by atoms with Crippen LogP contribution in [0.1, 0.15) is 17.3 Å². The number of amides is 1. The molecule has 0 unspecified atom stereocenters. The Balaban J connectivity index is 2.18. The number of esters is 1. The van der Waals surface area contributed by atoms with Crippen molar-refractivity contribution in [1.82, 2.24) is 0 Å². The molecule has 0 aliphatic rings.